The Labute approximate surface area is 115 Å². The highest BCUT2D eigenvalue weighted by Crippen LogP contribution is 2.54. The van der Waals surface area contributed by atoms with E-state index in [9.17, 15) is 0 Å². The molecule has 0 aromatic heterocycles. The molecule has 1 saturated carbocycles. The number of hydrogen-bond acceptors (Lipinski definition) is 1. The Hall–Kier alpha value is -0.210. The van der Waals surface area contributed by atoms with Crippen LogP contribution in [0.3, 0.4) is 0 Å². The molecule has 0 bridgehead atoms. The van der Waals surface area contributed by atoms with Crippen LogP contribution in [0.5, 0.6) is 0 Å². The van der Waals surface area contributed by atoms with Crippen LogP contribution in [0.2, 0.25) is 0 Å². The molecule has 1 nitrogen and oxygen atoms in total. The van der Waals surface area contributed by atoms with Crippen LogP contribution < -0.4 is 4.72 Å². The number of nitrogens with one attached hydrogen (secondary N) is 1. The standard InChI is InChI=1S/C16H29NS/c1-3-5-12-18(17-4-2)13-11-16(14-18)15-9-7-6-8-10-15/h11,13-15,17H,3-10,12H2,1-2H3. The van der Waals surface area contributed by atoms with Crippen LogP contribution in [0.25, 0.3) is 0 Å². The number of hydrogen-bond donors (Lipinski definition) is 1. The van der Waals surface area contributed by atoms with Crippen molar-refractivity contribution in [1.82, 2.24) is 4.72 Å². The van der Waals surface area contributed by atoms with Crippen molar-refractivity contribution in [3.63, 3.8) is 0 Å². The van der Waals surface area contributed by atoms with Gasteiger partial charge in [-0.3, -0.25) is 4.72 Å². The molecule has 0 spiro atoms. The number of allylic oxidation sites excluding steroid dienone is 2. The van der Waals surface area contributed by atoms with Crippen LogP contribution in [-0.2, 0) is 0 Å². The summed E-state index contributed by atoms with van der Waals surface area (Å²) in [5.41, 5.74) is 1.65. The summed E-state index contributed by atoms with van der Waals surface area (Å²) >= 11 is 0. The van der Waals surface area contributed by atoms with Gasteiger partial charge in [0.1, 0.15) is 0 Å². The molecule has 2 rings (SSSR count). The lowest BCUT2D eigenvalue weighted by molar-refractivity contribution is 0.409. The highest BCUT2D eigenvalue weighted by molar-refractivity contribution is 8.37. The fourth-order valence-electron chi connectivity index (χ4n) is 3.13. The molecule has 1 atom stereocenters. The lowest BCUT2D eigenvalue weighted by Crippen LogP contribution is -2.19. The Kier molecular flexibility index (Phi) is 5.38. The van der Waals surface area contributed by atoms with Gasteiger partial charge in [-0.25, -0.2) is 0 Å². The maximum Gasteiger partial charge on any atom is 0.00210 e. The van der Waals surface area contributed by atoms with Crippen molar-refractivity contribution in [1.29, 1.82) is 0 Å². The van der Waals surface area contributed by atoms with Gasteiger partial charge in [0.05, 0.1) is 0 Å². The van der Waals surface area contributed by atoms with Crippen molar-refractivity contribution in [2.75, 3.05) is 12.3 Å². The van der Waals surface area contributed by atoms with Gasteiger partial charge in [0.15, 0.2) is 0 Å². The van der Waals surface area contributed by atoms with E-state index in [1.165, 1.54) is 50.7 Å². The molecular formula is C16H29NS. The third-order valence-corrected chi connectivity index (χ3v) is 7.28. The maximum atomic E-state index is 3.78. The summed E-state index contributed by atoms with van der Waals surface area (Å²) in [6.07, 6.45) is 12.3. The summed E-state index contributed by atoms with van der Waals surface area (Å²) < 4.78 is 3.78. The topological polar surface area (TPSA) is 12.0 Å². The zero-order valence-electron chi connectivity index (χ0n) is 12.1. The van der Waals surface area contributed by atoms with E-state index < -0.39 is 10.2 Å². The van der Waals surface area contributed by atoms with Crippen molar-refractivity contribution < 1.29 is 0 Å². The smallest absolute Gasteiger partial charge is 0.00210 e. The number of rotatable bonds is 6. The SMILES string of the molecule is CCCCS1(NCC)C=CC(C2CCCCC2)=C1. The summed E-state index contributed by atoms with van der Waals surface area (Å²) in [5.74, 6) is 2.20. The lowest BCUT2D eigenvalue weighted by Gasteiger charge is -2.33. The molecule has 0 radical (unpaired) electrons. The fourth-order valence-corrected chi connectivity index (χ4v) is 6.25. The zero-order valence-corrected chi connectivity index (χ0v) is 12.9. The molecule has 1 fully saturated rings. The molecule has 1 heterocycles. The van der Waals surface area contributed by atoms with Gasteiger partial charge in [0.2, 0.25) is 0 Å². The minimum atomic E-state index is -0.765. The average molecular weight is 267 g/mol. The van der Waals surface area contributed by atoms with E-state index in [-0.39, 0.29) is 0 Å². The Bertz CT molecular complexity index is 315. The molecule has 2 aliphatic rings. The van der Waals surface area contributed by atoms with Gasteiger partial charge in [0, 0.05) is 6.54 Å². The van der Waals surface area contributed by atoms with E-state index in [4.69, 9.17) is 0 Å². The van der Waals surface area contributed by atoms with Crippen LogP contribution in [0, 0.1) is 5.92 Å². The predicted molar refractivity (Wildman–Crippen MR) is 84.8 cm³/mol. The molecule has 1 unspecified atom stereocenters. The van der Waals surface area contributed by atoms with Gasteiger partial charge >= 0.3 is 0 Å². The Morgan fingerprint density at radius 1 is 1.22 bits per heavy atom. The molecule has 18 heavy (non-hydrogen) atoms. The first-order valence-corrected chi connectivity index (χ1v) is 9.68. The molecule has 1 N–H and O–H groups in total. The lowest BCUT2D eigenvalue weighted by atomic mass is 9.84. The molecule has 1 aliphatic heterocycles. The first-order valence-electron chi connectivity index (χ1n) is 7.75. The molecule has 0 aromatic rings. The summed E-state index contributed by atoms with van der Waals surface area (Å²) in [6, 6.07) is 0. The van der Waals surface area contributed by atoms with Crippen molar-refractivity contribution in [2.24, 2.45) is 5.92 Å². The molecule has 104 valence electrons. The zero-order chi connectivity index (χ0) is 12.8. The van der Waals surface area contributed by atoms with Crippen LogP contribution in [-0.4, -0.2) is 12.3 Å². The maximum absolute atomic E-state index is 3.78. The molecule has 1 aliphatic carbocycles. The highest BCUT2D eigenvalue weighted by Gasteiger charge is 2.26. The van der Waals surface area contributed by atoms with Crippen molar-refractivity contribution in [3.8, 4) is 0 Å². The van der Waals surface area contributed by atoms with Crippen molar-refractivity contribution in [2.45, 2.75) is 58.8 Å². The first kappa shape index (κ1) is 14.2. The Balaban J connectivity index is 2.04. The van der Waals surface area contributed by atoms with Crippen LogP contribution in [0.15, 0.2) is 22.5 Å². The van der Waals surface area contributed by atoms with Crippen LogP contribution >= 0.6 is 10.2 Å². The summed E-state index contributed by atoms with van der Waals surface area (Å²) in [6.45, 7) is 5.63. The van der Waals surface area contributed by atoms with Gasteiger partial charge < -0.3 is 0 Å². The first-order chi connectivity index (χ1) is 8.79. The van der Waals surface area contributed by atoms with E-state index in [0.29, 0.717) is 0 Å². The minimum Gasteiger partial charge on any atom is -0.274 e. The summed E-state index contributed by atoms with van der Waals surface area (Å²) in [4.78, 5) is 0. The second-order valence-electron chi connectivity index (χ2n) is 5.66. The second-order valence-corrected chi connectivity index (χ2v) is 8.56. The molecular weight excluding hydrogens is 238 g/mol. The Morgan fingerprint density at radius 2 is 2.00 bits per heavy atom. The monoisotopic (exact) mass is 267 g/mol. The van der Waals surface area contributed by atoms with Crippen molar-refractivity contribution in [3.05, 3.63) is 22.5 Å². The molecule has 0 amide bonds. The molecule has 2 heteroatoms. The average Bonchev–Trinajstić information content (AvgIpc) is 2.83. The second kappa shape index (κ2) is 6.81. The van der Waals surface area contributed by atoms with Gasteiger partial charge in [0.25, 0.3) is 0 Å². The van der Waals surface area contributed by atoms with Gasteiger partial charge in [-0.2, -0.15) is 0 Å². The van der Waals surface area contributed by atoms with Gasteiger partial charge in [-0.15, -0.1) is 10.2 Å². The Morgan fingerprint density at radius 3 is 2.67 bits per heavy atom. The third kappa shape index (κ3) is 3.42. The van der Waals surface area contributed by atoms with Crippen molar-refractivity contribution >= 4 is 10.2 Å². The predicted octanol–water partition coefficient (Wildman–Crippen LogP) is 5.11. The number of unbranched alkanes of at least 4 members (excludes halogenated alkanes) is 1. The van der Waals surface area contributed by atoms with Crippen LogP contribution in [0.4, 0.5) is 0 Å². The van der Waals surface area contributed by atoms with E-state index >= 15 is 0 Å². The van der Waals surface area contributed by atoms with Gasteiger partial charge in [-0.1, -0.05) is 45.6 Å². The quantitative estimate of drug-likeness (QED) is 0.705. The van der Waals surface area contributed by atoms with Crippen LogP contribution in [0.1, 0.15) is 58.8 Å². The van der Waals surface area contributed by atoms with E-state index in [1.807, 2.05) is 0 Å². The van der Waals surface area contributed by atoms with Gasteiger partial charge in [-0.05, 0) is 47.3 Å². The molecule has 0 saturated heterocycles. The minimum absolute atomic E-state index is 0.765. The third-order valence-electron chi connectivity index (χ3n) is 4.18. The molecule has 0 aromatic carbocycles. The van der Waals surface area contributed by atoms with E-state index in [1.54, 1.807) is 5.57 Å². The summed E-state index contributed by atoms with van der Waals surface area (Å²) in [5, 5.41) is 5.14. The highest BCUT2D eigenvalue weighted by atomic mass is 32.3. The largest absolute Gasteiger partial charge is 0.274 e. The summed E-state index contributed by atoms with van der Waals surface area (Å²) in [7, 11) is -0.765. The normalized spacial score (nSPS) is 32.2. The fraction of sp³-hybridized carbons (Fsp3) is 0.750. The van der Waals surface area contributed by atoms with E-state index in [2.05, 4.69) is 35.5 Å². The van der Waals surface area contributed by atoms with E-state index in [0.717, 1.165) is 12.5 Å².